The van der Waals surface area contributed by atoms with E-state index in [0.717, 1.165) is 0 Å². The van der Waals surface area contributed by atoms with E-state index in [9.17, 15) is 14.7 Å². The number of nitrogens with zero attached hydrogens (tertiary/aromatic N) is 2. The molecule has 0 fully saturated rings. The van der Waals surface area contributed by atoms with Gasteiger partial charge in [0, 0.05) is 19.7 Å². The first kappa shape index (κ1) is 11.4. The minimum Gasteiger partial charge on any atom is -0.508 e. The van der Waals surface area contributed by atoms with Crippen LogP contribution in [0.1, 0.15) is 13.3 Å². The molecule has 0 unspecified atom stereocenters. The van der Waals surface area contributed by atoms with E-state index in [4.69, 9.17) is 0 Å². The molecule has 1 aliphatic rings. The first-order chi connectivity index (χ1) is 8.04. The minimum atomic E-state index is -0.266. The summed E-state index contributed by atoms with van der Waals surface area (Å²) in [6.07, 6.45) is -0.139. The van der Waals surface area contributed by atoms with Crippen LogP contribution >= 0.6 is 0 Å². The van der Waals surface area contributed by atoms with Gasteiger partial charge in [0.25, 0.3) is 0 Å². The number of carbonyl (C=O) groups excluding carboxylic acids is 2. The van der Waals surface area contributed by atoms with Gasteiger partial charge in [-0.15, -0.1) is 0 Å². The molecular weight excluding hydrogens is 220 g/mol. The SMILES string of the molecule is CCN1C(=O)CC(=O)N(C)c2cc(O)ccc21. The van der Waals surface area contributed by atoms with Crippen LogP contribution in [0.5, 0.6) is 5.75 Å². The number of phenolic OH excluding ortho intramolecular Hbond substituents is 1. The molecule has 1 aromatic rings. The standard InChI is InChI=1S/C12H14N2O3/c1-3-14-9-5-4-8(15)6-10(9)13(2)11(16)7-12(14)17/h4-6,15H,3,7H2,1-2H3. The Morgan fingerprint density at radius 1 is 1.24 bits per heavy atom. The summed E-state index contributed by atoms with van der Waals surface area (Å²) >= 11 is 0. The first-order valence-electron chi connectivity index (χ1n) is 5.44. The van der Waals surface area contributed by atoms with Crippen LogP contribution in [0.25, 0.3) is 0 Å². The summed E-state index contributed by atoms with van der Waals surface area (Å²) in [7, 11) is 1.60. The summed E-state index contributed by atoms with van der Waals surface area (Å²) in [5.74, 6) is -0.402. The summed E-state index contributed by atoms with van der Waals surface area (Å²) in [5.41, 5.74) is 1.21. The Bertz CT molecular complexity index is 485. The van der Waals surface area contributed by atoms with E-state index < -0.39 is 0 Å². The summed E-state index contributed by atoms with van der Waals surface area (Å²) in [5, 5.41) is 9.47. The number of fused-ring (bicyclic) bond motifs is 1. The third-order valence-electron chi connectivity index (χ3n) is 2.90. The Balaban J connectivity index is 2.62. The van der Waals surface area contributed by atoms with Gasteiger partial charge in [0.2, 0.25) is 11.8 Å². The molecule has 1 heterocycles. The lowest BCUT2D eigenvalue weighted by molar-refractivity contribution is -0.126. The van der Waals surface area contributed by atoms with Crippen molar-refractivity contribution < 1.29 is 14.7 Å². The number of hydrogen-bond donors (Lipinski definition) is 1. The van der Waals surface area contributed by atoms with Crippen molar-refractivity contribution in [3.05, 3.63) is 18.2 Å². The molecule has 1 aromatic carbocycles. The van der Waals surface area contributed by atoms with Crippen molar-refractivity contribution >= 4 is 23.2 Å². The fourth-order valence-electron chi connectivity index (χ4n) is 1.97. The number of benzene rings is 1. The maximum atomic E-state index is 11.9. The van der Waals surface area contributed by atoms with Gasteiger partial charge in [0.1, 0.15) is 12.2 Å². The molecule has 5 nitrogen and oxygen atoms in total. The van der Waals surface area contributed by atoms with E-state index in [0.29, 0.717) is 17.9 Å². The van der Waals surface area contributed by atoms with Gasteiger partial charge in [-0.3, -0.25) is 9.59 Å². The number of rotatable bonds is 1. The van der Waals surface area contributed by atoms with Gasteiger partial charge in [0.05, 0.1) is 11.4 Å². The fraction of sp³-hybridized carbons (Fsp3) is 0.333. The Labute approximate surface area is 99.3 Å². The van der Waals surface area contributed by atoms with Crippen molar-refractivity contribution in [2.45, 2.75) is 13.3 Å². The van der Waals surface area contributed by atoms with Crippen LogP contribution in [0, 0.1) is 0 Å². The van der Waals surface area contributed by atoms with Crippen LogP contribution in [0.15, 0.2) is 18.2 Å². The van der Waals surface area contributed by atoms with Crippen LogP contribution in [0.4, 0.5) is 11.4 Å². The molecule has 0 saturated carbocycles. The van der Waals surface area contributed by atoms with E-state index in [1.54, 1.807) is 18.0 Å². The van der Waals surface area contributed by atoms with Crippen molar-refractivity contribution in [1.82, 2.24) is 0 Å². The van der Waals surface area contributed by atoms with Gasteiger partial charge in [-0.25, -0.2) is 0 Å². The maximum absolute atomic E-state index is 11.9. The van der Waals surface area contributed by atoms with Crippen LogP contribution in [-0.4, -0.2) is 30.5 Å². The lowest BCUT2D eigenvalue weighted by Gasteiger charge is -2.22. The van der Waals surface area contributed by atoms with Crippen molar-refractivity contribution in [1.29, 1.82) is 0 Å². The normalized spacial score (nSPS) is 15.9. The average molecular weight is 234 g/mol. The number of carbonyl (C=O) groups is 2. The molecule has 0 aliphatic carbocycles. The third-order valence-corrected chi connectivity index (χ3v) is 2.90. The van der Waals surface area contributed by atoms with Gasteiger partial charge < -0.3 is 14.9 Å². The smallest absolute Gasteiger partial charge is 0.236 e. The number of aromatic hydroxyl groups is 1. The van der Waals surface area contributed by atoms with Gasteiger partial charge in [-0.05, 0) is 19.1 Å². The second-order valence-corrected chi connectivity index (χ2v) is 3.94. The number of anilines is 2. The zero-order chi connectivity index (χ0) is 12.6. The summed E-state index contributed by atoms with van der Waals surface area (Å²) in [6.45, 7) is 2.35. The molecule has 0 bridgehead atoms. The molecule has 2 amide bonds. The highest BCUT2D eigenvalue weighted by Gasteiger charge is 2.28. The molecule has 0 aromatic heterocycles. The monoisotopic (exact) mass is 234 g/mol. The molecule has 0 atom stereocenters. The zero-order valence-electron chi connectivity index (χ0n) is 9.80. The molecular formula is C12H14N2O3. The maximum Gasteiger partial charge on any atom is 0.236 e. The van der Waals surface area contributed by atoms with Gasteiger partial charge >= 0.3 is 0 Å². The Morgan fingerprint density at radius 2 is 1.94 bits per heavy atom. The van der Waals surface area contributed by atoms with E-state index in [-0.39, 0.29) is 24.0 Å². The van der Waals surface area contributed by atoms with Crippen molar-refractivity contribution in [3.63, 3.8) is 0 Å². The van der Waals surface area contributed by atoms with Gasteiger partial charge in [-0.1, -0.05) is 0 Å². The summed E-state index contributed by atoms with van der Waals surface area (Å²) < 4.78 is 0. The Kier molecular flexibility index (Phi) is 2.75. The lowest BCUT2D eigenvalue weighted by Crippen LogP contribution is -2.31. The Morgan fingerprint density at radius 3 is 2.59 bits per heavy atom. The number of amides is 2. The van der Waals surface area contributed by atoms with Crippen LogP contribution in [-0.2, 0) is 9.59 Å². The average Bonchev–Trinajstić information content (AvgIpc) is 2.37. The van der Waals surface area contributed by atoms with Gasteiger partial charge in [-0.2, -0.15) is 0 Å². The molecule has 90 valence electrons. The second-order valence-electron chi connectivity index (χ2n) is 3.94. The van der Waals surface area contributed by atoms with E-state index in [1.165, 1.54) is 17.0 Å². The minimum absolute atomic E-state index is 0.0776. The van der Waals surface area contributed by atoms with Crippen molar-refractivity contribution in [3.8, 4) is 5.75 Å². The number of hydrogen-bond acceptors (Lipinski definition) is 3. The van der Waals surface area contributed by atoms with E-state index >= 15 is 0 Å². The summed E-state index contributed by atoms with van der Waals surface area (Å²) in [6, 6.07) is 4.66. The first-order valence-corrected chi connectivity index (χ1v) is 5.44. The molecule has 1 aliphatic heterocycles. The Hall–Kier alpha value is -2.04. The molecule has 17 heavy (non-hydrogen) atoms. The van der Waals surface area contributed by atoms with E-state index in [1.807, 2.05) is 6.92 Å². The van der Waals surface area contributed by atoms with Crippen molar-refractivity contribution in [2.24, 2.45) is 0 Å². The molecule has 0 saturated heterocycles. The predicted octanol–water partition coefficient (Wildman–Crippen LogP) is 1.11. The van der Waals surface area contributed by atoms with Gasteiger partial charge in [0.15, 0.2) is 0 Å². The molecule has 2 rings (SSSR count). The van der Waals surface area contributed by atoms with E-state index in [2.05, 4.69) is 0 Å². The second kappa shape index (κ2) is 4.08. The lowest BCUT2D eigenvalue weighted by atomic mass is 10.2. The highest BCUT2D eigenvalue weighted by molar-refractivity contribution is 6.15. The van der Waals surface area contributed by atoms with Crippen LogP contribution < -0.4 is 9.80 Å². The van der Waals surface area contributed by atoms with Crippen molar-refractivity contribution in [2.75, 3.05) is 23.4 Å². The fourth-order valence-corrected chi connectivity index (χ4v) is 1.97. The predicted molar refractivity (Wildman–Crippen MR) is 64.2 cm³/mol. The quantitative estimate of drug-likeness (QED) is 0.740. The third kappa shape index (κ3) is 1.84. The molecule has 0 radical (unpaired) electrons. The highest BCUT2D eigenvalue weighted by atomic mass is 16.3. The topological polar surface area (TPSA) is 60.9 Å². The summed E-state index contributed by atoms with van der Waals surface area (Å²) in [4.78, 5) is 26.6. The van der Waals surface area contributed by atoms with Crippen LogP contribution in [0.3, 0.4) is 0 Å². The number of phenols is 1. The molecule has 5 heteroatoms. The molecule has 0 spiro atoms. The highest BCUT2D eigenvalue weighted by Crippen LogP contribution is 2.34. The van der Waals surface area contributed by atoms with Crippen LogP contribution in [0.2, 0.25) is 0 Å². The molecule has 1 N–H and O–H groups in total. The zero-order valence-corrected chi connectivity index (χ0v) is 9.80. The largest absolute Gasteiger partial charge is 0.508 e.